The minimum absolute atomic E-state index is 0.0794. The van der Waals surface area contributed by atoms with Gasteiger partial charge in [0.05, 0.1) is 0 Å². The third kappa shape index (κ3) is 2.99. The first-order valence-corrected chi connectivity index (χ1v) is 7.34. The first kappa shape index (κ1) is 15.3. The fraction of sp³-hybridized carbons (Fsp3) is 0.647. The fourth-order valence-corrected chi connectivity index (χ4v) is 2.79. The molecular formula is C17H27NO2. The molecule has 0 aliphatic heterocycles. The highest BCUT2D eigenvalue weighted by atomic mass is 16.5. The Balaban J connectivity index is 2.18. The molecule has 20 heavy (non-hydrogen) atoms. The zero-order valence-corrected chi connectivity index (χ0v) is 13.5. The minimum atomic E-state index is 0.0794. The number of aryl methyl sites for hydroxylation is 1. The fourth-order valence-electron chi connectivity index (χ4n) is 2.79. The van der Waals surface area contributed by atoms with Crippen molar-refractivity contribution in [2.75, 3.05) is 14.2 Å². The SMILES string of the molecule is CNC1CC(Oc2ccc(C)cc2C(C)(C)C)C1OC. The maximum atomic E-state index is 6.23. The van der Waals surface area contributed by atoms with Gasteiger partial charge in [-0.05, 0) is 31.0 Å². The van der Waals surface area contributed by atoms with Crippen molar-refractivity contribution in [3.63, 3.8) is 0 Å². The monoisotopic (exact) mass is 277 g/mol. The van der Waals surface area contributed by atoms with E-state index in [0.29, 0.717) is 6.04 Å². The molecule has 1 N–H and O–H groups in total. The quantitative estimate of drug-likeness (QED) is 0.917. The molecule has 0 aromatic heterocycles. The van der Waals surface area contributed by atoms with Gasteiger partial charge in [-0.15, -0.1) is 0 Å². The lowest BCUT2D eigenvalue weighted by Gasteiger charge is -2.43. The van der Waals surface area contributed by atoms with E-state index in [2.05, 4.69) is 51.2 Å². The van der Waals surface area contributed by atoms with E-state index in [4.69, 9.17) is 9.47 Å². The lowest BCUT2D eigenvalue weighted by Crippen LogP contribution is -2.60. The Morgan fingerprint density at radius 1 is 1.25 bits per heavy atom. The first-order valence-electron chi connectivity index (χ1n) is 7.34. The van der Waals surface area contributed by atoms with Crippen molar-refractivity contribution in [1.29, 1.82) is 0 Å². The average Bonchev–Trinajstić information content (AvgIpc) is 2.34. The van der Waals surface area contributed by atoms with E-state index in [9.17, 15) is 0 Å². The minimum Gasteiger partial charge on any atom is -0.487 e. The number of rotatable bonds is 4. The largest absolute Gasteiger partial charge is 0.487 e. The summed E-state index contributed by atoms with van der Waals surface area (Å²) in [5, 5.41) is 3.27. The van der Waals surface area contributed by atoms with E-state index < -0.39 is 0 Å². The van der Waals surface area contributed by atoms with Crippen LogP contribution in [0.2, 0.25) is 0 Å². The van der Waals surface area contributed by atoms with Crippen LogP contribution in [-0.4, -0.2) is 32.4 Å². The Morgan fingerprint density at radius 2 is 1.95 bits per heavy atom. The second-order valence-electron chi connectivity index (χ2n) is 6.74. The van der Waals surface area contributed by atoms with Crippen LogP contribution in [0.3, 0.4) is 0 Å². The van der Waals surface area contributed by atoms with Crippen LogP contribution in [0.25, 0.3) is 0 Å². The normalized spacial score (nSPS) is 26.2. The van der Waals surface area contributed by atoms with Crippen molar-refractivity contribution in [2.24, 2.45) is 0 Å². The summed E-state index contributed by atoms with van der Waals surface area (Å²) in [7, 11) is 3.73. The molecule has 1 fully saturated rings. The Bertz CT molecular complexity index is 465. The number of benzene rings is 1. The van der Waals surface area contributed by atoms with E-state index in [1.54, 1.807) is 7.11 Å². The van der Waals surface area contributed by atoms with Crippen LogP contribution in [0.1, 0.15) is 38.3 Å². The van der Waals surface area contributed by atoms with Crippen molar-refractivity contribution in [3.8, 4) is 5.75 Å². The van der Waals surface area contributed by atoms with Gasteiger partial charge in [-0.1, -0.05) is 38.5 Å². The highest BCUT2D eigenvalue weighted by Gasteiger charge is 2.42. The molecule has 3 atom stereocenters. The van der Waals surface area contributed by atoms with E-state index in [0.717, 1.165) is 12.2 Å². The summed E-state index contributed by atoms with van der Waals surface area (Å²) in [5.74, 6) is 0.990. The zero-order chi connectivity index (χ0) is 14.9. The van der Waals surface area contributed by atoms with Gasteiger partial charge >= 0.3 is 0 Å². The molecule has 1 aromatic rings. The summed E-state index contributed by atoms with van der Waals surface area (Å²) >= 11 is 0. The molecule has 3 nitrogen and oxygen atoms in total. The first-order chi connectivity index (χ1) is 9.36. The van der Waals surface area contributed by atoms with Gasteiger partial charge in [-0.2, -0.15) is 0 Å². The Labute approximate surface area is 122 Å². The average molecular weight is 277 g/mol. The molecule has 1 aromatic carbocycles. The molecule has 1 aliphatic rings. The number of hydrogen-bond acceptors (Lipinski definition) is 3. The third-order valence-electron chi connectivity index (χ3n) is 4.11. The highest BCUT2D eigenvalue weighted by molar-refractivity contribution is 5.41. The van der Waals surface area contributed by atoms with Crippen molar-refractivity contribution >= 4 is 0 Å². The van der Waals surface area contributed by atoms with Gasteiger partial charge in [0.1, 0.15) is 18.0 Å². The Hall–Kier alpha value is -1.06. The zero-order valence-electron chi connectivity index (χ0n) is 13.5. The topological polar surface area (TPSA) is 30.5 Å². The van der Waals surface area contributed by atoms with Crippen molar-refractivity contribution in [1.82, 2.24) is 5.32 Å². The predicted octanol–water partition coefficient (Wildman–Crippen LogP) is 3.05. The van der Waals surface area contributed by atoms with Gasteiger partial charge in [0.15, 0.2) is 0 Å². The Kier molecular flexibility index (Phi) is 4.40. The molecule has 1 saturated carbocycles. The van der Waals surface area contributed by atoms with Gasteiger partial charge in [-0.3, -0.25) is 0 Å². The van der Waals surface area contributed by atoms with E-state index in [-0.39, 0.29) is 17.6 Å². The molecule has 1 aliphatic carbocycles. The van der Waals surface area contributed by atoms with Crippen LogP contribution < -0.4 is 10.1 Å². The predicted molar refractivity (Wildman–Crippen MR) is 82.6 cm³/mol. The third-order valence-corrected chi connectivity index (χ3v) is 4.11. The highest BCUT2D eigenvalue weighted by Crippen LogP contribution is 2.36. The number of ether oxygens (including phenoxy) is 2. The van der Waals surface area contributed by atoms with Crippen molar-refractivity contribution in [2.45, 2.75) is 57.8 Å². The van der Waals surface area contributed by atoms with Crippen molar-refractivity contribution in [3.05, 3.63) is 29.3 Å². The second-order valence-corrected chi connectivity index (χ2v) is 6.74. The number of methoxy groups -OCH3 is 1. The number of nitrogens with one attached hydrogen (secondary N) is 1. The Morgan fingerprint density at radius 3 is 2.50 bits per heavy atom. The molecule has 3 unspecified atom stereocenters. The molecule has 112 valence electrons. The van der Waals surface area contributed by atoms with Crippen molar-refractivity contribution < 1.29 is 9.47 Å². The summed E-state index contributed by atoms with van der Waals surface area (Å²) in [6.45, 7) is 8.79. The molecule has 3 heteroatoms. The van der Waals surface area contributed by atoms with E-state index in [1.807, 2.05) is 7.05 Å². The smallest absolute Gasteiger partial charge is 0.128 e. The van der Waals surface area contributed by atoms with Gasteiger partial charge in [0.2, 0.25) is 0 Å². The molecule has 0 bridgehead atoms. The molecule has 0 saturated heterocycles. The second kappa shape index (κ2) is 5.74. The number of likely N-dealkylation sites (N-methyl/N-ethyl adjacent to an activating group) is 1. The summed E-state index contributed by atoms with van der Waals surface area (Å²) in [6, 6.07) is 6.83. The van der Waals surface area contributed by atoms with E-state index in [1.165, 1.54) is 11.1 Å². The molecule has 2 rings (SSSR count). The van der Waals surface area contributed by atoms with Crippen LogP contribution in [-0.2, 0) is 10.2 Å². The number of hydrogen-bond donors (Lipinski definition) is 1. The van der Waals surface area contributed by atoms with E-state index >= 15 is 0 Å². The summed E-state index contributed by atoms with van der Waals surface area (Å²) in [4.78, 5) is 0. The molecule has 0 amide bonds. The summed E-state index contributed by atoms with van der Waals surface area (Å²) in [6.07, 6.45) is 1.27. The summed E-state index contributed by atoms with van der Waals surface area (Å²) in [5.41, 5.74) is 2.61. The van der Waals surface area contributed by atoms with Crippen LogP contribution in [0.5, 0.6) is 5.75 Å². The summed E-state index contributed by atoms with van der Waals surface area (Å²) < 4.78 is 11.8. The molecule has 0 heterocycles. The van der Waals surface area contributed by atoms with Crippen LogP contribution in [0.4, 0.5) is 0 Å². The van der Waals surface area contributed by atoms with Gasteiger partial charge in [0, 0.05) is 19.6 Å². The molecule has 0 spiro atoms. The van der Waals surface area contributed by atoms with Crippen LogP contribution in [0.15, 0.2) is 18.2 Å². The van der Waals surface area contributed by atoms with Gasteiger partial charge < -0.3 is 14.8 Å². The van der Waals surface area contributed by atoms with Crippen LogP contribution in [0, 0.1) is 6.92 Å². The van der Waals surface area contributed by atoms with Crippen LogP contribution >= 0.6 is 0 Å². The van der Waals surface area contributed by atoms with Gasteiger partial charge in [-0.25, -0.2) is 0 Å². The standard InChI is InChI=1S/C17H27NO2/c1-11-7-8-14(12(9-11)17(2,3)4)20-15-10-13(18-5)16(15)19-6/h7-9,13,15-16,18H,10H2,1-6H3. The van der Waals surface area contributed by atoms with Gasteiger partial charge in [0.25, 0.3) is 0 Å². The molecule has 0 radical (unpaired) electrons. The lowest BCUT2D eigenvalue weighted by atomic mass is 9.83. The maximum Gasteiger partial charge on any atom is 0.128 e. The lowest BCUT2D eigenvalue weighted by molar-refractivity contribution is -0.0874. The maximum absolute atomic E-state index is 6.23. The molecular weight excluding hydrogens is 250 g/mol.